The molecule has 2 heterocycles. The third kappa shape index (κ3) is 5.25. The van der Waals surface area contributed by atoms with Gasteiger partial charge in [0, 0.05) is 25.3 Å². The van der Waals surface area contributed by atoms with Gasteiger partial charge in [-0.25, -0.2) is 4.98 Å². The van der Waals surface area contributed by atoms with Crippen LogP contribution in [0.25, 0.3) is 0 Å². The normalized spacial score (nSPS) is 15.5. The van der Waals surface area contributed by atoms with Gasteiger partial charge in [0.2, 0.25) is 5.91 Å². The molecule has 0 radical (unpaired) electrons. The first-order chi connectivity index (χ1) is 12.3. The Morgan fingerprint density at radius 3 is 2.50 bits per heavy atom. The summed E-state index contributed by atoms with van der Waals surface area (Å²) in [5.74, 6) is 0.835. The number of rotatable bonds is 7. The zero-order valence-electron chi connectivity index (χ0n) is 16.6. The van der Waals surface area contributed by atoms with E-state index in [1.807, 2.05) is 18.7 Å². The van der Waals surface area contributed by atoms with Crippen molar-refractivity contribution in [3.8, 4) is 0 Å². The van der Waals surface area contributed by atoms with Crippen LogP contribution in [-0.2, 0) is 20.9 Å². The Balaban J connectivity index is 1.88. The standard InChI is InChI=1S/C19H31N3O3S/c1-6-25-18(24)16-7-9-21(10-8-16)17(23)12-26-19-20-14(4)15(5)22(19)11-13(2)3/h13,16H,6-12H2,1-5H3. The van der Waals surface area contributed by atoms with Crippen molar-refractivity contribution in [1.29, 1.82) is 0 Å². The molecule has 1 aliphatic rings. The Hall–Kier alpha value is -1.50. The van der Waals surface area contributed by atoms with E-state index in [9.17, 15) is 9.59 Å². The Morgan fingerprint density at radius 1 is 1.27 bits per heavy atom. The average molecular weight is 382 g/mol. The molecule has 0 aromatic carbocycles. The van der Waals surface area contributed by atoms with Crippen LogP contribution < -0.4 is 0 Å². The summed E-state index contributed by atoms with van der Waals surface area (Å²) in [4.78, 5) is 30.8. The van der Waals surface area contributed by atoms with Gasteiger partial charge in [-0.05, 0) is 39.5 Å². The number of imidazole rings is 1. The Kier molecular flexibility index (Phi) is 7.55. The third-order valence-electron chi connectivity index (χ3n) is 4.76. The molecule has 0 atom stereocenters. The fourth-order valence-electron chi connectivity index (χ4n) is 3.16. The lowest BCUT2D eigenvalue weighted by Gasteiger charge is -2.30. The molecule has 7 heteroatoms. The smallest absolute Gasteiger partial charge is 0.309 e. The number of ether oxygens (including phenoxy) is 1. The van der Waals surface area contributed by atoms with E-state index >= 15 is 0 Å². The molecule has 0 aliphatic carbocycles. The largest absolute Gasteiger partial charge is 0.466 e. The van der Waals surface area contributed by atoms with Gasteiger partial charge in [0.15, 0.2) is 5.16 Å². The van der Waals surface area contributed by atoms with Gasteiger partial charge in [0.25, 0.3) is 0 Å². The van der Waals surface area contributed by atoms with Crippen molar-refractivity contribution >= 4 is 23.6 Å². The van der Waals surface area contributed by atoms with Crippen LogP contribution in [-0.4, -0.2) is 51.8 Å². The number of amides is 1. The maximum Gasteiger partial charge on any atom is 0.309 e. The molecule has 1 aliphatic heterocycles. The Labute approximate surface area is 160 Å². The SMILES string of the molecule is CCOC(=O)C1CCN(C(=O)CSc2nc(C)c(C)n2CC(C)C)CC1. The second-order valence-electron chi connectivity index (χ2n) is 7.27. The number of carbonyl (C=O) groups excluding carboxylic acids is 2. The lowest BCUT2D eigenvalue weighted by molar-refractivity contribution is -0.151. The highest BCUT2D eigenvalue weighted by Crippen LogP contribution is 2.24. The van der Waals surface area contributed by atoms with E-state index in [0.29, 0.717) is 44.2 Å². The number of esters is 1. The van der Waals surface area contributed by atoms with Gasteiger partial charge >= 0.3 is 5.97 Å². The van der Waals surface area contributed by atoms with Gasteiger partial charge in [-0.2, -0.15) is 0 Å². The van der Waals surface area contributed by atoms with Crippen molar-refractivity contribution in [2.75, 3.05) is 25.4 Å². The van der Waals surface area contributed by atoms with E-state index in [4.69, 9.17) is 4.74 Å². The van der Waals surface area contributed by atoms with Gasteiger partial charge in [0.1, 0.15) is 0 Å². The number of piperidine rings is 1. The number of nitrogens with zero attached hydrogens (tertiary/aromatic N) is 3. The average Bonchev–Trinajstić information content (AvgIpc) is 2.87. The molecule has 1 fully saturated rings. The number of aryl methyl sites for hydroxylation is 1. The van der Waals surface area contributed by atoms with Gasteiger partial charge < -0.3 is 14.2 Å². The van der Waals surface area contributed by atoms with E-state index in [2.05, 4.69) is 30.3 Å². The highest BCUT2D eigenvalue weighted by Gasteiger charge is 2.28. The molecule has 0 bridgehead atoms. The van der Waals surface area contributed by atoms with Gasteiger partial charge in [0.05, 0.1) is 24.0 Å². The minimum absolute atomic E-state index is 0.0677. The monoisotopic (exact) mass is 381 g/mol. The maximum atomic E-state index is 12.6. The summed E-state index contributed by atoms with van der Waals surface area (Å²) >= 11 is 1.51. The first-order valence-electron chi connectivity index (χ1n) is 9.44. The maximum absolute atomic E-state index is 12.6. The molecule has 1 saturated heterocycles. The molecule has 0 N–H and O–H groups in total. The first kappa shape index (κ1) is 20.8. The summed E-state index contributed by atoms with van der Waals surface area (Å²) in [7, 11) is 0. The molecular weight excluding hydrogens is 350 g/mol. The van der Waals surface area contributed by atoms with Crippen LogP contribution in [0.15, 0.2) is 5.16 Å². The van der Waals surface area contributed by atoms with Crippen LogP contribution in [0, 0.1) is 25.7 Å². The van der Waals surface area contributed by atoms with Crippen molar-refractivity contribution in [3.05, 3.63) is 11.4 Å². The molecule has 1 amide bonds. The van der Waals surface area contributed by atoms with Crippen LogP contribution >= 0.6 is 11.8 Å². The highest BCUT2D eigenvalue weighted by molar-refractivity contribution is 7.99. The molecule has 26 heavy (non-hydrogen) atoms. The number of hydrogen-bond acceptors (Lipinski definition) is 5. The topological polar surface area (TPSA) is 64.4 Å². The second kappa shape index (κ2) is 9.44. The second-order valence-corrected chi connectivity index (χ2v) is 8.21. The third-order valence-corrected chi connectivity index (χ3v) is 5.72. The van der Waals surface area contributed by atoms with Crippen molar-refractivity contribution in [2.24, 2.45) is 11.8 Å². The molecule has 2 rings (SSSR count). The number of thioether (sulfide) groups is 1. The molecule has 0 saturated carbocycles. The van der Waals surface area contributed by atoms with Crippen LogP contribution in [0.3, 0.4) is 0 Å². The number of aromatic nitrogens is 2. The van der Waals surface area contributed by atoms with E-state index < -0.39 is 0 Å². The molecule has 0 spiro atoms. The van der Waals surface area contributed by atoms with Crippen molar-refractivity contribution in [3.63, 3.8) is 0 Å². The van der Waals surface area contributed by atoms with E-state index in [-0.39, 0.29) is 17.8 Å². The summed E-state index contributed by atoms with van der Waals surface area (Å²) in [5, 5.41) is 0.920. The Bertz CT molecular complexity index is 634. The summed E-state index contributed by atoms with van der Waals surface area (Å²) < 4.78 is 7.30. The lowest BCUT2D eigenvalue weighted by Crippen LogP contribution is -2.41. The Morgan fingerprint density at radius 2 is 1.92 bits per heavy atom. The predicted octanol–water partition coefficient (Wildman–Crippen LogP) is 3.05. The molecular formula is C19H31N3O3S. The van der Waals surface area contributed by atoms with Crippen LogP contribution in [0.5, 0.6) is 0 Å². The predicted molar refractivity (Wildman–Crippen MR) is 103 cm³/mol. The van der Waals surface area contributed by atoms with Crippen molar-refractivity contribution in [2.45, 2.75) is 59.2 Å². The van der Waals surface area contributed by atoms with Crippen LogP contribution in [0.1, 0.15) is 45.0 Å². The fourth-order valence-corrected chi connectivity index (χ4v) is 4.16. The zero-order chi connectivity index (χ0) is 19.3. The molecule has 146 valence electrons. The van der Waals surface area contributed by atoms with Gasteiger partial charge in [-0.15, -0.1) is 0 Å². The van der Waals surface area contributed by atoms with E-state index in [1.165, 1.54) is 17.5 Å². The van der Waals surface area contributed by atoms with Crippen LogP contribution in [0.4, 0.5) is 0 Å². The summed E-state index contributed by atoms with van der Waals surface area (Å²) in [6.45, 7) is 12.9. The molecule has 6 nitrogen and oxygen atoms in total. The lowest BCUT2D eigenvalue weighted by atomic mass is 9.97. The minimum Gasteiger partial charge on any atom is -0.466 e. The minimum atomic E-state index is -0.129. The van der Waals surface area contributed by atoms with E-state index in [0.717, 1.165) is 17.4 Å². The van der Waals surface area contributed by atoms with Crippen molar-refractivity contribution < 1.29 is 14.3 Å². The molecule has 1 aromatic rings. The molecule has 0 unspecified atom stereocenters. The summed E-state index contributed by atoms with van der Waals surface area (Å²) in [6, 6.07) is 0. The highest BCUT2D eigenvalue weighted by atomic mass is 32.2. The zero-order valence-corrected chi connectivity index (χ0v) is 17.4. The summed E-state index contributed by atoms with van der Waals surface area (Å²) in [5.41, 5.74) is 2.19. The van der Waals surface area contributed by atoms with Crippen molar-refractivity contribution in [1.82, 2.24) is 14.5 Å². The number of carbonyl (C=O) groups is 2. The number of hydrogen-bond donors (Lipinski definition) is 0. The quantitative estimate of drug-likeness (QED) is 0.536. The number of likely N-dealkylation sites (tertiary alicyclic amines) is 1. The first-order valence-corrected chi connectivity index (χ1v) is 10.4. The molecule has 1 aromatic heterocycles. The summed E-state index contributed by atoms with van der Waals surface area (Å²) in [6.07, 6.45) is 1.38. The van der Waals surface area contributed by atoms with Crippen LogP contribution in [0.2, 0.25) is 0 Å². The van der Waals surface area contributed by atoms with Gasteiger partial charge in [-0.1, -0.05) is 25.6 Å². The fraction of sp³-hybridized carbons (Fsp3) is 0.737. The van der Waals surface area contributed by atoms with E-state index in [1.54, 1.807) is 0 Å². The van der Waals surface area contributed by atoms with Gasteiger partial charge in [-0.3, -0.25) is 9.59 Å².